The standard InChI is InChI=1S/C25H22Cl3N3O3/c1-16-5-7-21(13-22(16)28)30-24(32)9-10-25(33)31-29-14-18-12-20(27)6-8-23(18)34-15-17-3-2-4-19(26)11-17/h2-8,11-14H,9-10,15H2,1H3,(H,30,32)(H,31,33). The van der Waals surface area contributed by atoms with Crippen LogP contribution in [-0.2, 0) is 16.2 Å². The van der Waals surface area contributed by atoms with Crippen molar-refractivity contribution in [2.24, 2.45) is 5.10 Å². The van der Waals surface area contributed by atoms with Crippen LogP contribution in [0.4, 0.5) is 5.69 Å². The topological polar surface area (TPSA) is 79.8 Å². The number of ether oxygens (including phenoxy) is 1. The number of amides is 2. The average molecular weight is 519 g/mol. The molecule has 0 radical (unpaired) electrons. The number of halogens is 3. The first-order valence-electron chi connectivity index (χ1n) is 10.3. The number of benzene rings is 3. The second-order valence-corrected chi connectivity index (χ2v) is 8.69. The number of nitrogens with zero attached hydrogens (tertiary/aromatic N) is 1. The SMILES string of the molecule is Cc1ccc(NC(=O)CCC(=O)NN=Cc2cc(Cl)ccc2OCc2cccc(Cl)c2)cc1Cl. The van der Waals surface area contributed by atoms with Gasteiger partial charge in [0.25, 0.3) is 0 Å². The lowest BCUT2D eigenvalue weighted by Crippen LogP contribution is -2.20. The molecule has 3 aromatic carbocycles. The molecule has 6 nitrogen and oxygen atoms in total. The van der Waals surface area contributed by atoms with Crippen LogP contribution in [0.2, 0.25) is 15.1 Å². The smallest absolute Gasteiger partial charge is 0.240 e. The van der Waals surface area contributed by atoms with E-state index in [9.17, 15) is 9.59 Å². The lowest BCUT2D eigenvalue weighted by Gasteiger charge is -2.10. The van der Waals surface area contributed by atoms with Crippen molar-refractivity contribution in [1.29, 1.82) is 0 Å². The normalized spacial score (nSPS) is 10.8. The van der Waals surface area contributed by atoms with Crippen molar-refractivity contribution in [2.75, 3.05) is 5.32 Å². The minimum absolute atomic E-state index is 0.00197. The summed E-state index contributed by atoms with van der Waals surface area (Å²) in [4.78, 5) is 24.2. The van der Waals surface area contributed by atoms with E-state index in [1.807, 2.05) is 31.2 Å². The summed E-state index contributed by atoms with van der Waals surface area (Å²) < 4.78 is 5.86. The fraction of sp³-hybridized carbons (Fsp3) is 0.160. The number of carbonyl (C=O) groups excluding carboxylic acids is 2. The maximum absolute atomic E-state index is 12.1. The van der Waals surface area contributed by atoms with Gasteiger partial charge in [0.05, 0.1) is 6.21 Å². The Morgan fingerprint density at radius 3 is 2.47 bits per heavy atom. The van der Waals surface area contributed by atoms with Crippen LogP contribution < -0.4 is 15.5 Å². The predicted octanol–water partition coefficient (Wildman–Crippen LogP) is 6.40. The van der Waals surface area contributed by atoms with Gasteiger partial charge in [0, 0.05) is 39.2 Å². The molecule has 0 aliphatic heterocycles. The Bertz CT molecular complexity index is 1220. The first kappa shape index (κ1) is 25.6. The molecule has 0 saturated heterocycles. The van der Waals surface area contributed by atoms with Crippen molar-refractivity contribution in [3.05, 3.63) is 92.4 Å². The van der Waals surface area contributed by atoms with Gasteiger partial charge in [-0.25, -0.2) is 5.43 Å². The van der Waals surface area contributed by atoms with Crippen molar-refractivity contribution in [3.63, 3.8) is 0 Å². The molecule has 3 aromatic rings. The van der Waals surface area contributed by atoms with Crippen molar-refractivity contribution in [3.8, 4) is 5.75 Å². The molecule has 3 rings (SSSR count). The van der Waals surface area contributed by atoms with E-state index in [1.165, 1.54) is 6.21 Å². The van der Waals surface area contributed by atoms with Crippen molar-refractivity contribution >= 4 is 58.5 Å². The van der Waals surface area contributed by atoms with E-state index in [2.05, 4.69) is 15.8 Å². The average Bonchev–Trinajstić information content (AvgIpc) is 2.80. The van der Waals surface area contributed by atoms with Crippen LogP contribution in [0.5, 0.6) is 5.75 Å². The number of carbonyl (C=O) groups is 2. The van der Waals surface area contributed by atoms with E-state index >= 15 is 0 Å². The molecule has 0 unspecified atom stereocenters. The molecule has 176 valence electrons. The monoisotopic (exact) mass is 517 g/mol. The molecular weight excluding hydrogens is 497 g/mol. The quantitative estimate of drug-likeness (QED) is 0.254. The molecule has 0 heterocycles. The minimum Gasteiger partial charge on any atom is -0.488 e. The molecular formula is C25H22Cl3N3O3. The molecule has 0 aliphatic rings. The van der Waals surface area contributed by atoms with Crippen LogP contribution >= 0.6 is 34.8 Å². The third-order valence-corrected chi connectivity index (χ3v) is 5.56. The predicted molar refractivity (Wildman–Crippen MR) is 137 cm³/mol. The Balaban J connectivity index is 1.50. The summed E-state index contributed by atoms with van der Waals surface area (Å²) in [6.07, 6.45) is 1.40. The van der Waals surface area contributed by atoms with Crippen molar-refractivity contribution in [1.82, 2.24) is 5.43 Å². The number of rotatable bonds is 9. The fourth-order valence-electron chi connectivity index (χ4n) is 2.89. The van der Waals surface area contributed by atoms with Crippen LogP contribution in [0.1, 0.15) is 29.5 Å². The van der Waals surface area contributed by atoms with Crippen LogP contribution in [-0.4, -0.2) is 18.0 Å². The zero-order valence-electron chi connectivity index (χ0n) is 18.3. The highest BCUT2D eigenvalue weighted by molar-refractivity contribution is 6.32. The Kier molecular flexibility index (Phi) is 9.33. The lowest BCUT2D eigenvalue weighted by molar-refractivity contribution is -0.124. The summed E-state index contributed by atoms with van der Waals surface area (Å²) in [6, 6.07) is 17.7. The summed E-state index contributed by atoms with van der Waals surface area (Å²) in [5, 5.41) is 8.35. The molecule has 0 atom stereocenters. The van der Waals surface area contributed by atoms with E-state index < -0.39 is 5.91 Å². The Morgan fingerprint density at radius 2 is 1.71 bits per heavy atom. The van der Waals surface area contributed by atoms with Gasteiger partial charge in [0.15, 0.2) is 0 Å². The zero-order valence-corrected chi connectivity index (χ0v) is 20.5. The third-order valence-electron chi connectivity index (χ3n) is 4.68. The highest BCUT2D eigenvalue weighted by Gasteiger charge is 2.08. The fourth-order valence-corrected chi connectivity index (χ4v) is 3.46. The van der Waals surface area contributed by atoms with Crippen LogP contribution in [0.15, 0.2) is 65.8 Å². The van der Waals surface area contributed by atoms with Crippen LogP contribution in [0.3, 0.4) is 0 Å². The molecule has 34 heavy (non-hydrogen) atoms. The highest BCUT2D eigenvalue weighted by Crippen LogP contribution is 2.23. The van der Waals surface area contributed by atoms with E-state index in [0.717, 1.165) is 11.1 Å². The Morgan fingerprint density at radius 1 is 0.941 bits per heavy atom. The number of anilines is 1. The summed E-state index contributed by atoms with van der Waals surface area (Å²) in [5.74, 6) is -0.166. The van der Waals surface area contributed by atoms with Gasteiger partial charge in [0.1, 0.15) is 12.4 Å². The Labute approximate surface area is 212 Å². The summed E-state index contributed by atoms with van der Waals surface area (Å²) in [6.45, 7) is 2.17. The molecule has 0 saturated carbocycles. The number of hydrazone groups is 1. The highest BCUT2D eigenvalue weighted by atomic mass is 35.5. The van der Waals surface area contributed by atoms with E-state index in [4.69, 9.17) is 39.5 Å². The van der Waals surface area contributed by atoms with Crippen LogP contribution in [0, 0.1) is 6.92 Å². The first-order valence-corrected chi connectivity index (χ1v) is 11.5. The van der Waals surface area contributed by atoms with Gasteiger partial charge in [-0.1, -0.05) is 53.0 Å². The van der Waals surface area contributed by atoms with Gasteiger partial charge < -0.3 is 10.1 Å². The second-order valence-electron chi connectivity index (χ2n) is 7.41. The van der Waals surface area contributed by atoms with Gasteiger partial charge >= 0.3 is 0 Å². The summed E-state index contributed by atoms with van der Waals surface area (Å²) in [5.41, 5.74) is 5.39. The molecule has 0 aliphatic carbocycles. The molecule has 0 aromatic heterocycles. The third kappa shape index (κ3) is 8.06. The second kappa shape index (κ2) is 12.4. The van der Waals surface area contributed by atoms with Crippen molar-refractivity contribution in [2.45, 2.75) is 26.4 Å². The van der Waals surface area contributed by atoms with E-state index in [0.29, 0.717) is 38.7 Å². The molecule has 2 N–H and O–H groups in total. The number of nitrogens with one attached hydrogen (secondary N) is 2. The van der Waals surface area contributed by atoms with Gasteiger partial charge in [-0.05, 0) is 60.5 Å². The van der Waals surface area contributed by atoms with Gasteiger partial charge in [-0.15, -0.1) is 0 Å². The Hall–Kier alpha value is -3.06. The van der Waals surface area contributed by atoms with Crippen molar-refractivity contribution < 1.29 is 14.3 Å². The van der Waals surface area contributed by atoms with Crippen LogP contribution in [0.25, 0.3) is 0 Å². The molecule has 2 amide bonds. The largest absolute Gasteiger partial charge is 0.488 e. The first-order chi connectivity index (χ1) is 16.3. The van der Waals surface area contributed by atoms with Gasteiger partial charge in [-0.3, -0.25) is 9.59 Å². The zero-order chi connectivity index (χ0) is 24.5. The molecule has 9 heteroatoms. The molecule has 0 fully saturated rings. The lowest BCUT2D eigenvalue weighted by atomic mass is 10.2. The summed E-state index contributed by atoms with van der Waals surface area (Å²) in [7, 11) is 0. The number of hydrogen-bond acceptors (Lipinski definition) is 4. The maximum Gasteiger partial charge on any atom is 0.240 e. The minimum atomic E-state index is -0.406. The van der Waals surface area contributed by atoms with Gasteiger partial charge in [-0.2, -0.15) is 5.10 Å². The van der Waals surface area contributed by atoms with E-state index in [-0.39, 0.29) is 18.7 Å². The van der Waals surface area contributed by atoms with E-state index in [1.54, 1.807) is 36.4 Å². The maximum atomic E-state index is 12.1. The number of aryl methyl sites for hydroxylation is 1. The summed E-state index contributed by atoms with van der Waals surface area (Å²) >= 11 is 18.2. The van der Waals surface area contributed by atoms with Gasteiger partial charge in [0.2, 0.25) is 11.8 Å². The molecule has 0 spiro atoms. The molecule has 0 bridgehead atoms. The number of hydrogen-bond donors (Lipinski definition) is 2.